The number of para-hydroxylation sites is 1. The van der Waals surface area contributed by atoms with Gasteiger partial charge in [-0.3, -0.25) is 4.79 Å². The Morgan fingerprint density at radius 2 is 2.04 bits per heavy atom. The van der Waals surface area contributed by atoms with Gasteiger partial charge < -0.3 is 10.1 Å². The molecule has 0 aliphatic carbocycles. The summed E-state index contributed by atoms with van der Waals surface area (Å²) in [5.41, 5.74) is 1.85. The van der Waals surface area contributed by atoms with Crippen molar-refractivity contribution in [3.8, 4) is 5.75 Å². The van der Waals surface area contributed by atoms with E-state index in [2.05, 4.69) is 42.2 Å². The molecule has 2 aromatic heterocycles. The topological polar surface area (TPSA) is 68.5 Å². The molecule has 0 radical (unpaired) electrons. The van der Waals surface area contributed by atoms with E-state index in [9.17, 15) is 4.79 Å². The van der Waals surface area contributed by atoms with Gasteiger partial charge in [-0.25, -0.2) is 4.98 Å². The Labute approximate surface area is 156 Å². The first-order chi connectivity index (χ1) is 12.4. The molecule has 0 bridgehead atoms. The van der Waals surface area contributed by atoms with Gasteiger partial charge in [-0.2, -0.15) is 4.52 Å². The molecule has 0 saturated carbocycles. The van der Waals surface area contributed by atoms with E-state index in [1.807, 2.05) is 25.1 Å². The Morgan fingerprint density at radius 1 is 1.27 bits per heavy atom. The Morgan fingerprint density at radius 3 is 2.77 bits per heavy atom. The normalized spacial score (nSPS) is 11.7. The summed E-state index contributed by atoms with van der Waals surface area (Å²) in [6.07, 6.45) is 0.730. The summed E-state index contributed by atoms with van der Waals surface area (Å²) in [4.78, 5) is 17.1. The van der Waals surface area contributed by atoms with Crippen LogP contribution in [-0.4, -0.2) is 27.7 Å². The number of ether oxygens (including phenoxy) is 1. The second kappa shape index (κ2) is 7.45. The highest BCUT2D eigenvalue weighted by Crippen LogP contribution is 2.30. The van der Waals surface area contributed by atoms with Gasteiger partial charge in [0, 0.05) is 11.8 Å². The van der Waals surface area contributed by atoms with E-state index in [1.54, 1.807) is 0 Å². The van der Waals surface area contributed by atoms with E-state index in [1.165, 1.54) is 27.5 Å². The van der Waals surface area contributed by atoms with Crippen LogP contribution in [0.5, 0.6) is 5.75 Å². The molecule has 0 aliphatic rings. The molecule has 3 rings (SSSR count). The number of fused-ring (bicyclic) bond motifs is 1. The lowest BCUT2D eigenvalue weighted by Crippen LogP contribution is -2.17. The van der Waals surface area contributed by atoms with Crippen LogP contribution in [-0.2, 0) is 11.8 Å². The minimum atomic E-state index is -0.147. The van der Waals surface area contributed by atoms with Gasteiger partial charge in [0.2, 0.25) is 10.1 Å². The van der Waals surface area contributed by atoms with Crippen molar-refractivity contribution in [3.05, 3.63) is 51.9 Å². The number of nitrogens with zero attached hydrogens (tertiary/aromatic N) is 3. The van der Waals surface area contributed by atoms with E-state index in [0.29, 0.717) is 23.2 Å². The fraction of sp³-hybridized carbons (Fsp3) is 0.421. The largest absolute Gasteiger partial charge is 0.491 e. The number of benzene rings is 1. The standard InChI is InChI=1S/C19H24N4O2S/c1-5-13-12-16(24)23-18(21-13)26-17(22-23)20-10-11-25-15-9-7-6-8-14(15)19(2,3)4/h6-9,12H,5,10-11H2,1-4H3,(H,20,22). The van der Waals surface area contributed by atoms with Gasteiger partial charge in [-0.05, 0) is 23.5 Å². The summed E-state index contributed by atoms with van der Waals surface area (Å²) in [5, 5.41) is 8.16. The number of rotatable bonds is 6. The number of hydrogen-bond acceptors (Lipinski definition) is 6. The Balaban J connectivity index is 1.64. The molecular formula is C19H24N4O2S. The van der Waals surface area contributed by atoms with Gasteiger partial charge in [-0.15, -0.1) is 5.10 Å². The van der Waals surface area contributed by atoms with Crippen LogP contribution in [0.25, 0.3) is 4.96 Å². The van der Waals surface area contributed by atoms with E-state index < -0.39 is 0 Å². The average molecular weight is 372 g/mol. The number of aromatic nitrogens is 3. The lowest BCUT2D eigenvalue weighted by molar-refractivity contribution is 0.323. The molecule has 0 unspecified atom stereocenters. The maximum absolute atomic E-state index is 12.0. The van der Waals surface area contributed by atoms with Crippen molar-refractivity contribution in [2.45, 2.75) is 39.5 Å². The van der Waals surface area contributed by atoms with Crippen LogP contribution >= 0.6 is 11.3 Å². The zero-order valence-corrected chi connectivity index (χ0v) is 16.4. The molecule has 2 heterocycles. The van der Waals surface area contributed by atoms with E-state index in [-0.39, 0.29) is 11.0 Å². The van der Waals surface area contributed by atoms with Crippen molar-refractivity contribution in [1.29, 1.82) is 0 Å². The SMILES string of the molecule is CCc1cc(=O)n2nc(NCCOc3ccccc3C(C)(C)C)sc2n1. The molecule has 26 heavy (non-hydrogen) atoms. The fourth-order valence-electron chi connectivity index (χ4n) is 2.64. The lowest BCUT2D eigenvalue weighted by Gasteiger charge is -2.22. The van der Waals surface area contributed by atoms with E-state index in [0.717, 1.165) is 17.9 Å². The number of aryl methyl sites for hydroxylation is 1. The molecule has 3 aromatic rings. The van der Waals surface area contributed by atoms with Gasteiger partial charge in [-0.1, -0.05) is 57.2 Å². The zero-order valence-electron chi connectivity index (χ0n) is 15.6. The predicted octanol–water partition coefficient (Wildman–Crippen LogP) is 3.50. The van der Waals surface area contributed by atoms with Gasteiger partial charge in [0.15, 0.2) is 0 Å². The van der Waals surface area contributed by atoms with Crippen LogP contribution in [0.1, 0.15) is 39.0 Å². The van der Waals surface area contributed by atoms with Gasteiger partial charge in [0.05, 0.1) is 6.54 Å². The van der Waals surface area contributed by atoms with Crippen molar-refractivity contribution in [2.24, 2.45) is 0 Å². The maximum atomic E-state index is 12.0. The van der Waals surface area contributed by atoms with Crippen molar-refractivity contribution in [1.82, 2.24) is 14.6 Å². The quantitative estimate of drug-likeness (QED) is 0.671. The smallest absolute Gasteiger partial charge is 0.275 e. The minimum absolute atomic E-state index is 0.0286. The summed E-state index contributed by atoms with van der Waals surface area (Å²) >= 11 is 1.37. The number of nitrogens with one attached hydrogen (secondary N) is 1. The van der Waals surface area contributed by atoms with Crippen molar-refractivity contribution < 1.29 is 4.74 Å². The molecule has 6 nitrogen and oxygen atoms in total. The third-order valence-electron chi connectivity index (χ3n) is 3.99. The second-order valence-electron chi connectivity index (χ2n) is 7.06. The first-order valence-electron chi connectivity index (χ1n) is 8.74. The first-order valence-corrected chi connectivity index (χ1v) is 9.56. The average Bonchev–Trinajstić information content (AvgIpc) is 3.01. The van der Waals surface area contributed by atoms with Gasteiger partial charge >= 0.3 is 0 Å². The number of anilines is 1. The highest BCUT2D eigenvalue weighted by Gasteiger charge is 2.18. The summed E-state index contributed by atoms with van der Waals surface area (Å²) < 4.78 is 7.29. The summed E-state index contributed by atoms with van der Waals surface area (Å²) in [6.45, 7) is 9.59. The molecule has 0 amide bonds. The maximum Gasteiger partial charge on any atom is 0.275 e. The second-order valence-corrected chi connectivity index (χ2v) is 8.02. The van der Waals surface area contributed by atoms with Gasteiger partial charge in [0.25, 0.3) is 5.56 Å². The lowest BCUT2D eigenvalue weighted by atomic mass is 9.86. The summed E-state index contributed by atoms with van der Waals surface area (Å²) in [6, 6.07) is 9.63. The fourth-order valence-corrected chi connectivity index (χ4v) is 3.49. The molecule has 7 heteroatoms. The monoisotopic (exact) mass is 372 g/mol. The third-order valence-corrected chi connectivity index (χ3v) is 4.86. The molecule has 0 aliphatic heterocycles. The molecule has 0 atom stereocenters. The van der Waals surface area contributed by atoms with Crippen molar-refractivity contribution >= 4 is 21.4 Å². The highest BCUT2D eigenvalue weighted by molar-refractivity contribution is 7.20. The Bertz CT molecular complexity index is 956. The highest BCUT2D eigenvalue weighted by atomic mass is 32.1. The summed E-state index contributed by atoms with van der Waals surface area (Å²) in [7, 11) is 0. The molecule has 0 spiro atoms. The molecule has 0 saturated heterocycles. The van der Waals surface area contributed by atoms with Crippen LogP contribution in [0, 0.1) is 0 Å². The Hall–Kier alpha value is -2.41. The van der Waals surface area contributed by atoms with Crippen LogP contribution in [0.3, 0.4) is 0 Å². The summed E-state index contributed by atoms with van der Waals surface area (Å²) in [5.74, 6) is 0.900. The van der Waals surface area contributed by atoms with Gasteiger partial charge in [0.1, 0.15) is 12.4 Å². The molecule has 138 valence electrons. The van der Waals surface area contributed by atoms with E-state index in [4.69, 9.17) is 4.74 Å². The Kier molecular flexibility index (Phi) is 5.27. The number of hydrogen-bond donors (Lipinski definition) is 1. The molecule has 1 N–H and O–H groups in total. The van der Waals surface area contributed by atoms with E-state index >= 15 is 0 Å². The third kappa shape index (κ3) is 4.04. The van der Waals surface area contributed by atoms with Crippen LogP contribution in [0.4, 0.5) is 5.13 Å². The molecular weight excluding hydrogens is 348 g/mol. The predicted molar refractivity (Wildman–Crippen MR) is 106 cm³/mol. The van der Waals surface area contributed by atoms with Crippen LogP contribution in [0.2, 0.25) is 0 Å². The van der Waals surface area contributed by atoms with Crippen molar-refractivity contribution in [2.75, 3.05) is 18.5 Å². The van der Waals surface area contributed by atoms with Crippen LogP contribution in [0.15, 0.2) is 35.1 Å². The first kappa shape index (κ1) is 18.4. The minimum Gasteiger partial charge on any atom is -0.491 e. The molecule has 1 aromatic carbocycles. The van der Waals surface area contributed by atoms with Crippen LogP contribution < -0.4 is 15.6 Å². The zero-order chi connectivity index (χ0) is 18.7. The van der Waals surface area contributed by atoms with Crippen molar-refractivity contribution in [3.63, 3.8) is 0 Å². The molecule has 0 fully saturated rings.